The minimum absolute atomic E-state index is 0.0241. The third-order valence-corrected chi connectivity index (χ3v) is 4.25. The van der Waals surface area contributed by atoms with Crippen molar-refractivity contribution in [1.82, 2.24) is 14.8 Å². The number of aromatic nitrogens is 3. The van der Waals surface area contributed by atoms with Crippen molar-refractivity contribution in [2.24, 2.45) is 0 Å². The second kappa shape index (κ2) is 4.41. The molecule has 0 aliphatic heterocycles. The maximum atomic E-state index is 12.8. The van der Waals surface area contributed by atoms with Crippen LogP contribution in [-0.4, -0.2) is 14.8 Å². The van der Waals surface area contributed by atoms with Crippen molar-refractivity contribution in [3.05, 3.63) is 28.2 Å². The van der Waals surface area contributed by atoms with Crippen LogP contribution in [0.3, 0.4) is 0 Å². The molecule has 1 aliphatic rings. The lowest BCUT2D eigenvalue weighted by molar-refractivity contribution is 0.506. The van der Waals surface area contributed by atoms with Gasteiger partial charge in [-0.2, -0.15) is 0 Å². The summed E-state index contributed by atoms with van der Waals surface area (Å²) in [7, 11) is 0. The molecule has 6 heteroatoms. The summed E-state index contributed by atoms with van der Waals surface area (Å²) in [4.78, 5) is 12.8. The second-order valence-corrected chi connectivity index (χ2v) is 7.24. The summed E-state index contributed by atoms with van der Waals surface area (Å²) < 4.78 is 1.94. The number of hydrogen-bond acceptors (Lipinski definition) is 5. The molecule has 0 spiro atoms. The van der Waals surface area contributed by atoms with E-state index in [0.717, 1.165) is 18.5 Å². The highest BCUT2D eigenvalue weighted by Gasteiger charge is 2.31. The van der Waals surface area contributed by atoms with Gasteiger partial charge < -0.3 is 10.3 Å². The van der Waals surface area contributed by atoms with Crippen LogP contribution >= 0.6 is 11.3 Å². The first kappa shape index (κ1) is 13.3. The summed E-state index contributed by atoms with van der Waals surface area (Å²) in [6.45, 7) is 6.38. The number of nitrogens with zero attached hydrogens (tertiary/aromatic N) is 3. The average molecular weight is 290 g/mol. The molecule has 0 radical (unpaired) electrons. The zero-order valence-corrected chi connectivity index (χ0v) is 12.7. The Morgan fingerprint density at radius 3 is 2.50 bits per heavy atom. The highest BCUT2D eigenvalue weighted by molar-refractivity contribution is 7.18. The first-order valence-corrected chi connectivity index (χ1v) is 7.55. The molecule has 0 saturated heterocycles. The standard InChI is InChI=1S/C14H18N4OS/c1-14(2,3)10-7-6-9(11-16-17-13(15)20-11)12(19)18(10)8-4-5-8/h6-8H,4-5H2,1-3H3,(H2,15,17). The molecule has 2 aromatic rings. The molecule has 1 saturated carbocycles. The van der Waals surface area contributed by atoms with E-state index in [1.54, 1.807) is 0 Å². The van der Waals surface area contributed by atoms with Crippen molar-refractivity contribution in [1.29, 1.82) is 0 Å². The van der Waals surface area contributed by atoms with E-state index in [9.17, 15) is 4.79 Å². The molecule has 0 atom stereocenters. The van der Waals surface area contributed by atoms with E-state index in [-0.39, 0.29) is 11.0 Å². The second-order valence-electron chi connectivity index (χ2n) is 6.23. The van der Waals surface area contributed by atoms with Gasteiger partial charge in [0.15, 0.2) is 5.01 Å². The van der Waals surface area contributed by atoms with Gasteiger partial charge in [-0.3, -0.25) is 4.79 Å². The van der Waals surface area contributed by atoms with Crippen LogP contribution in [0.15, 0.2) is 16.9 Å². The molecule has 2 heterocycles. The zero-order valence-electron chi connectivity index (χ0n) is 11.9. The lowest BCUT2D eigenvalue weighted by atomic mass is 9.90. The van der Waals surface area contributed by atoms with Gasteiger partial charge in [-0.05, 0) is 25.0 Å². The molecule has 2 N–H and O–H groups in total. The zero-order chi connectivity index (χ0) is 14.5. The molecule has 0 amide bonds. The first-order valence-electron chi connectivity index (χ1n) is 6.73. The lowest BCUT2D eigenvalue weighted by Gasteiger charge is -2.24. The summed E-state index contributed by atoms with van der Waals surface area (Å²) in [6, 6.07) is 4.22. The number of pyridine rings is 1. The average Bonchev–Trinajstić information content (AvgIpc) is 3.10. The van der Waals surface area contributed by atoms with Gasteiger partial charge in [0.25, 0.3) is 5.56 Å². The summed E-state index contributed by atoms with van der Waals surface area (Å²) in [5.41, 5.74) is 7.25. The lowest BCUT2D eigenvalue weighted by Crippen LogP contribution is -2.29. The Bertz CT molecular complexity index is 707. The van der Waals surface area contributed by atoms with Crippen LogP contribution in [0.5, 0.6) is 0 Å². The van der Waals surface area contributed by atoms with Crippen molar-refractivity contribution < 1.29 is 0 Å². The highest BCUT2D eigenvalue weighted by Crippen LogP contribution is 2.38. The molecular weight excluding hydrogens is 272 g/mol. The highest BCUT2D eigenvalue weighted by atomic mass is 32.1. The summed E-state index contributed by atoms with van der Waals surface area (Å²) in [5.74, 6) is 0. The molecule has 1 fully saturated rings. The van der Waals surface area contributed by atoms with Crippen LogP contribution in [0, 0.1) is 0 Å². The van der Waals surface area contributed by atoms with Crippen molar-refractivity contribution in [2.45, 2.75) is 45.1 Å². The van der Waals surface area contributed by atoms with Crippen LogP contribution in [0.2, 0.25) is 0 Å². The van der Waals surface area contributed by atoms with E-state index in [2.05, 4.69) is 31.0 Å². The molecule has 106 valence electrons. The number of nitrogens with two attached hydrogens (primary N) is 1. The maximum Gasteiger partial charge on any atom is 0.261 e. The van der Waals surface area contributed by atoms with Gasteiger partial charge in [0.2, 0.25) is 5.13 Å². The quantitative estimate of drug-likeness (QED) is 0.922. The largest absolute Gasteiger partial charge is 0.374 e. The molecule has 1 aliphatic carbocycles. The van der Waals surface area contributed by atoms with Crippen molar-refractivity contribution in [3.63, 3.8) is 0 Å². The topological polar surface area (TPSA) is 73.8 Å². The van der Waals surface area contributed by atoms with E-state index in [1.165, 1.54) is 11.3 Å². The van der Waals surface area contributed by atoms with Crippen LogP contribution in [0.4, 0.5) is 5.13 Å². The Morgan fingerprint density at radius 2 is 2.00 bits per heavy atom. The third-order valence-electron chi connectivity index (χ3n) is 3.47. The Morgan fingerprint density at radius 1 is 1.30 bits per heavy atom. The van der Waals surface area contributed by atoms with E-state index in [0.29, 0.717) is 21.7 Å². The van der Waals surface area contributed by atoms with E-state index < -0.39 is 0 Å². The summed E-state index contributed by atoms with van der Waals surface area (Å²) in [6.07, 6.45) is 2.15. The van der Waals surface area contributed by atoms with Crippen molar-refractivity contribution in [2.75, 3.05) is 5.73 Å². The fourth-order valence-corrected chi connectivity index (χ4v) is 2.99. The molecule has 5 nitrogen and oxygen atoms in total. The molecular formula is C14H18N4OS. The minimum atomic E-state index is -0.0551. The van der Waals surface area contributed by atoms with Crippen LogP contribution < -0.4 is 11.3 Å². The molecule has 0 bridgehead atoms. The smallest absolute Gasteiger partial charge is 0.261 e. The molecule has 3 rings (SSSR count). The van der Waals surface area contributed by atoms with E-state index in [4.69, 9.17) is 5.73 Å². The molecule has 0 aromatic carbocycles. The van der Waals surface area contributed by atoms with Crippen LogP contribution in [-0.2, 0) is 5.41 Å². The van der Waals surface area contributed by atoms with E-state index >= 15 is 0 Å². The van der Waals surface area contributed by atoms with Gasteiger partial charge >= 0.3 is 0 Å². The fraction of sp³-hybridized carbons (Fsp3) is 0.500. The van der Waals surface area contributed by atoms with Gasteiger partial charge in [0, 0.05) is 17.2 Å². The van der Waals surface area contributed by atoms with Crippen LogP contribution in [0.25, 0.3) is 10.6 Å². The van der Waals surface area contributed by atoms with Crippen molar-refractivity contribution >= 4 is 16.5 Å². The Labute approximate surface area is 121 Å². The first-order chi connectivity index (χ1) is 9.38. The SMILES string of the molecule is CC(C)(C)c1ccc(-c2nnc(N)s2)c(=O)n1C1CC1. The molecule has 20 heavy (non-hydrogen) atoms. The Hall–Kier alpha value is -1.69. The third kappa shape index (κ3) is 2.24. The predicted octanol–water partition coefficient (Wildman–Crippen LogP) is 2.58. The van der Waals surface area contributed by atoms with Gasteiger partial charge in [0.1, 0.15) is 0 Å². The van der Waals surface area contributed by atoms with Gasteiger partial charge in [-0.25, -0.2) is 0 Å². The summed E-state index contributed by atoms with van der Waals surface area (Å²) in [5, 5.41) is 8.77. The van der Waals surface area contributed by atoms with Crippen molar-refractivity contribution in [3.8, 4) is 10.6 Å². The number of hydrogen-bond donors (Lipinski definition) is 1. The van der Waals surface area contributed by atoms with Crippen LogP contribution in [0.1, 0.15) is 45.3 Å². The van der Waals surface area contributed by atoms with Gasteiger partial charge in [-0.1, -0.05) is 32.1 Å². The molecule has 0 unspecified atom stereocenters. The number of nitrogen functional groups attached to an aromatic ring is 1. The summed E-state index contributed by atoms with van der Waals surface area (Å²) >= 11 is 1.25. The Balaban J connectivity index is 2.20. The fourth-order valence-electron chi connectivity index (χ4n) is 2.37. The van der Waals surface area contributed by atoms with Gasteiger partial charge in [-0.15, -0.1) is 10.2 Å². The number of rotatable bonds is 2. The maximum absolute atomic E-state index is 12.8. The molecule has 2 aromatic heterocycles. The van der Waals surface area contributed by atoms with Gasteiger partial charge in [0.05, 0.1) is 5.56 Å². The number of anilines is 1. The Kier molecular flexibility index (Phi) is 2.93. The van der Waals surface area contributed by atoms with E-state index in [1.807, 2.05) is 16.7 Å². The predicted molar refractivity (Wildman–Crippen MR) is 81.0 cm³/mol. The minimum Gasteiger partial charge on any atom is -0.374 e. The normalized spacial score (nSPS) is 15.6. The monoisotopic (exact) mass is 290 g/mol.